The second kappa shape index (κ2) is 9.53. The minimum atomic E-state index is -0.170. The summed E-state index contributed by atoms with van der Waals surface area (Å²) in [5.41, 5.74) is 8.65. The van der Waals surface area contributed by atoms with Crippen molar-refractivity contribution >= 4 is 35.6 Å². The monoisotopic (exact) mass is 387 g/mol. The molecule has 6 heteroatoms. The number of benzene rings is 2. The van der Waals surface area contributed by atoms with Crippen molar-refractivity contribution in [2.45, 2.75) is 26.2 Å². The molecule has 2 atom stereocenters. The second-order valence-electron chi connectivity index (χ2n) is 6.82. The van der Waals surface area contributed by atoms with Gasteiger partial charge in [-0.05, 0) is 62.1 Å². The van der Waals surface area contributed by atoms with Gasteiger partial charge >= 0.3 is 0 Å². The molecule has 0 aliphatic heterocycles. The highest BCUT2D eigenvalue weighted by atomic mass is 35.5. The smallest absolute Gasteiger partial charge is 0.255 e. The highest BCUT2D eigenvalue weighted by Crippen LogP contribution is 2.33. The molecule has 1 fully saturated rings. The molecule has 2 aromatic rings. The molecule has 0 radical (unpaired) electrons. The first-order valence-corrected chi connectivity index (χ1v) is 9.07. The zero-order valence-corrected chi connectivity index (χ0v) is 16.2. The molecule has 1 aliphatic rings. The Morgan fingerprint density at radius 1 is 1.00 bits per heavy atom. The molecule has 5 nitrogen and oxygen atoms in total. The van der Waals surface area contributed by atoms with E-state index < -0.39 is 0 Å². The van der Waals surface area contributed by atoms with Crippen molar-refractivity contribution in [3.63, 3.8) is 0 Å². The molecule has 0 bridgehead atoms. The summed E-state index contributed by atoms with van der Waals surface area (Å²) in [5.74, 6) is 0.0852. The van der Waals surface area contributed by atoms with Gasteiger partial charge in [0.15, 0.2) is 0 Å². The molecule has 2 aromatic carbocycles. The van der Waals surface area contributed by atoms with E-state index in [0.29, 0.717) is 17.8 Å². The van der Waals surface area contributed by atoms with Crippen molar-refractivity contribution in [1.82, 2.24) is 0 Å². The second-order valence-corrected chi connectivity index (χ2v) is 6.82. The van der Waals surface area contributed by atoms with Crippen LogP contribution in [0.5, 0.6) is 0 Å². The molecule has 3 rings (SSSR count). The molecular formula is C21H26ClN3O2. The minimum absolute atomic E-state index is 0. The van der Waals surface area contributed by atoms with Gasteiger partial charge in [-0.25, -0.2) is 0 Å². The topological polar surface area (TPSA) is 84.2 Å². The van der Waals surface area contributed by atoms with Gasteiger partial charge in [0, 0.05) is 22.9 Å². The quantitative estimate of drug-likeness (QED) is 0.725. The molecular weight excluding hydrogens is 362 g/mol. The number of hydrogen-bond acceptors (Lipinski definition) is 3. The average molecular weight is 388 g/mol. The van der Waals surface area contributed by atoms with E-state index in [2.05, 4.69) is 10.6 Å². The number of nitrogens with one attached hydrogen (secondary N) is 2. The summed E-state index contributed by atoms with van der Waals surface area (Å²) >= 11 is 0. The highest BCUT2D eigenvalue weighted by molar-refractivity contribution is 6.05. The van der Waals surface area contributed by atoms with Gasteiger partial charge in [0.2, 0.25) is 5.91 Å². The van der Waals surface area contributed by atoms with Gasteiger partial charge in [0.25, 0.3) is 5.91 Å². The molecule has 0 unspecified atom stereocenters. The van der Waals surface area contributed by atoms with E-state index in [1.54, 1.807) is 12.1 Å². The molecule has 0 aromatic heterocycles. The zero-order valence-electron chi connectivity index (χ0n) is 15.4. The Morgan fingerprint density at radius 2 is 1.67 bits per heavy atom. The van der Waals surface area contributed by atoms with E-state index in [9.17, 15) is 9.59 Å². The molecule has 27 heavy (non-hydrogen) atoms. The highest BCUT2D eigenvalue weighted by Gasteiger charge is 2.32. The van der Waals surface area contributed by atoms with Crippen LogP contribution in [-0.4, -0.2) is 18.4 Å². The third-order valence-corrected chi connectivity index (χ3v) is 5.17. The van der Waals surface area contributed by atoms with Crippen LogP contribution in [0.25, 0.3) is 0 Å². The van der Waals surface area contributed by atoms with Gasteiger partial charge in [-0.3, -0.25) is 9.59 Å². The van der Waals surface area contributed by atoms with Gasteiger partial charge in [-0.2, -0.15) is 0 Å². The summed E-state index contributed by atoms with van der Waals surface area (Å²) in [7, 11) is 0. The summed E-state index contributed by atoms with van der Waals surface area (Å²) in [6, 6.07) is 14.6. The molecule has 2 amide bonds. The fourth-order valence-electron chi connectivity index (χ4n) is 3.58. The predicted octanol–water partition coefficient (Wildman–Crippen LogP) is 3.98. The summed E-state index contributed by atoms with van der Waals surface area (Å²) in [5, 5.41) is 5.94. The molecule has 1 aliphatic carbocycles. The van der Waals surface area contributed by atoms with Gasteiger partial charge in [0.1, 0.15) is 0 Å². The van der Waals surface area contributed by atoms with E-state index in [-0.39, 0.29) is 36.1 Å². The zero-order chi connectivity index (χ0) is 18.5. The third-order valence-electron chi connectivity index (χ3n) is 5.17. The maximum Gasteiger partial charge on any atom is 0.255 e. The Balaban J connectivity index is 0.00000261. The Bertz CT molecular complexity index is 795. The summed E-state index contributed by atoms with van der Waals surface area (Å²) < 4.78 is 0. The fourth-order valence-corrected chi connectivity index (χ4v) is 3.58. The molecule has 0 saturated heterocycles. The first-order valence-electron chi connectivity index (χ1n) is 9.07. The van der Waals surface area contributed by atoms with Crippen molar-refractivity contribution in [3.8, 4) is 0 Å². The lowest BCUT2D eigenvalue weighted by Gasteiger charge is -2.19. The number of anilines is 2. The van der Waals surface area contributed by atoms with Crippen molar-refractivity contribution < 1.29 is 9.59 Å². The molecule has 1 saturated carbocycles. The molecule has 4 N–H and O–H groups in total. The largest absolute Gasteiger partial charge is 0.330 e. The molecule has 144 valence electrons. The van der Waals surface area contributed by atoms with Gasteiger partial charge in [-0.1, -0.05) is 30.7 Å². The van der Waals surface area contributed by atoms with E-state index in [1.807, 2.05) is 43.3 Å². The molecule has 0 spiro atoms. The maximum atomic E-state index is 12.6. The van der Waals surface area contributed by atoms with E-state index in [1.165, 1.54) is 0 Å². The van der Waals surface area contributed by atoms with Crippen molar-refractivity contribution in [2.24, 2.45) is 17.6 Å². The predicted molar refractivity (Wildman–Crippen MR) is 111 cm³/mol. The Labute approximate surface area is 166 Å². The van der Waals surface area contributed by atoms with Crippen LogP contribution in [0.15, 0.2) is 48.5 Å². The lowest BCUT2D eigenvalue weighted by molar-refractivity contribution is -0.120. The number of amides is 2. The van der Waals surface area contributed by atoms with E-state index in [0.717, 1.165) is 30.5 Å². The third kappa shape index (κ3) is 4.87. The Hall–Kier alpha value is -2.37. The van der Waals surface area contributed by atoms with Crippen LogP contribution in [0.2, 0.25) is 0 Å². The van der Waals surface area contributed by atoms with Gasteiger partial charge in [-0.15, -0.1) is 12.4 Å². The van der Waals surface area contributed by atoms with Gasteiger partial charge < -0.3 is 16.4 Å². The summed E-state index contributed by atoms with van der Waals surface area (Å²) in [6.45, 7) is 2.44. The number of carbonyl (C=O) groups is 2. The Kier molecular flexibility index (Phi) is 7.39. The summed E-state index contributed by atoms with van der Waals surface area (Å²) in [4.78, 5) is 25.0. The normalized spacial score (nSPS) is 18.4. The van der Waals surface area contributed by atoms with Crippen LogP contribution in [-0.2, 0) is 4.79 Å². The molecule has 0 heterocycles. The summed E-state index contributed by atoms with van der Waals surface area (Å²) in [6.07, 6.45) is 2.95. The van der Waals surface area contributed by atoms with Crippen LogP contribution in [0.3, 0.4) is 0 Å². The number of rotatable bonds is 5. The first kappa shape index (κ1) is 20.9. The van der Waals surface area contributed by atoms with Crippen LogP contribution in [0.4, 0.5) is 11.4 Å². The van der Waals surface area contributed by atoms with Crippen LogP contribution in [0, 0.1) is 18.8 Å². The number of halogens is 1. The van der Waals surface area contributed by atoms with E-state index >= 15 is 0 Å². The number of nitrogens with two attached hydrogens (primary N) is 1. The minimum Gasteiger partial charge on any atom is -0.330 e. The van der Waals surface area contributed by atoms with Crippen molar-refractivity contribution in [2.75, 3.05) is 17.2 Å². The fraction of sp³-hybridized carbons (Fsp3) is 0.333. The standard InChI is InChI=1S/C21H25N3O2.ClH/c1-14-18(23-20(25)15-7-3-2-4-8-15)11-6-12-19(14)24-21(26)17-10-5-9-16(17)13-22;/h2-4,6-8,11-12,16-17H,5,9-10,13,22H2,1H3,(H,23,25)(H,24,26);1H/t16-,17-;/m1./s1. The average Bonchev–Trinajstić information content (AvgIpc) is 3.14. The maximum absolute atomic E-state index is 12.6. The van der Waals surface area contributed by atoms with Crippen molar-refractivity contribution in [3.05, 3.63) is 59.7 Å². The lowest BCUT2D eigenvalue weighted by Crippen LogP contribution is -2.30. The number of hydrogen-bond donors (Lipinski definition) is 3. The first-order chi connectivity index (χ1) is 12.6. The van der Waals surface area contributed by atoms with Crippen LogP contribution < -0.4 is 16.4 Å². The SMILES string of the molecule is Cc1c(NC(=O)c2ccccc2)cccc1NC(=O)[C@@H]1CCC[C@@H]1CN.Cl. The van der Waals surface area contributed by atoms with Crippen molar-refractivity contribution in [1.29, 1.82) is 0 Å². The number of carbonyl (C=O) groups excluding carboxylic acids is 2. The van der Waals surface area contributed by atoms with Crippen LogP contribution >= 0.6 is 12.4 Å². The lowest BCUT2D eigenvalue weighted by atomic mass is 9.95. The van der Waals surface area contributed by atoms with Gasteiger partial charge in [0.05, 0.1) is 0 Å². The van der Waals surface area contributed by atoms with Crippen LogP contribution in [0.1, 0.15) is 35.2 Å². The van der Waals surface area contributed by atoms with E-state index in [4.69, 9.17) is 5.73 Å². The Morgan fingerprint density at radius 3 is 2.33 bits per heavy atom.